The number of rotatable bonds is 5. The van der Waals surface area contributed by atoms with Crippen LogP contribution in [0.4, 0.5) is 10.1 Å². The average molecular weight is 414 g/mol. The van der Waals surface area contributed by atoms with Gasteiger partial charge in [-0.2, -0.15) is 5.10 Å². The van der Waals surface area contributed by atoms with E-state index in [0.29, 0.717) is 17.1 Å². The van der Waals surface area contributed by atoms with E-state index in [4.69, 9.17) is 0 Å². The molecule has 152 valence electrons. The van der Waals surface area contributed by atoms with E-state index in [1.807, 2.05) is 12.1 Å². The van der Waals surface area contributed by atoms with Gasteiger partial charge in [0, 0.05) is 18.1 Å². The Morgan fingerprint density at radius 3 is 2.45 bits per heavy atom. The van der Waals surface area contributed by atoms with Crippen molar-refractivity contribution in [3.05, 3.63) is 97.0 Å². The molecule has 0 aliphatic carbocycles. The van der Waals surface area contributed by atoms with Gasteiger partial charge in [-0.1, -0.05) is 12.1 Å². The van der Waals surface area contributed by atoms with Crippen LogP contribution in [0.3, 0.4) is 0 Å². The molecule has 0 radical (unpaired) electrons. The van der Waals surface area contributed by atoms with Crippen molar-refractivity contribution < 1.29 is 9.18 Å². The number of nitrogens with zero attached hydrogens (tertiary/aromatic N) is 7. The van der Waals surface area contributed by atoms with Crippen LogP contribution in [-0.2, 0) is 0 Å². The third-order valence-corrected chi connectivity index (χ3v) is 4.66. The van der Waals surface area contributed by atoms with Crippen molar-refractivity contribution in [3.8, 4) is 17.2 Å². The summed E-state index contributed by atoms with van der Waals surface area (Å²) in [6.07, 6.45) is 6.44. The Kier molecular flexibility index (Phi) is 4.56. The van der Waals surface area contributed by atoms with Gasteiger partial charge in [0.05, 0.1) is 11.9 Å². The molecule has 10 heteroatoms. The fraction of sp³-hybridized carbons (Fsp3) is 0. The van der Waals surface area contributed by atoms with Crippen molar-refractivity contribution in [3.63, 3.8) is 0 Å². The molecule has 0 spiro atoms. The lowest BCUT2D eigenvalue weighted by Crippen LogP contribution is -2.15. The second-order valence-electron chi connectivity index (χ2n) is 6.59. The lowest BCUT2D eigenvalue weighted by molar-refractivity contribution is 0.102. The van der Waals surface area contributed by atoms with Gasteiger partial charge >= 0.3 is 0 Å². The molecule has 0 saturated heterocycles. The number of halogens is 1. The number of hydrogen-bond donors (Lipinski definition) is 1. The summed E-state index contributed by atoms with van der Waals surface area (Å²) in [7, 11) is 0. The van der Waals surface area contributed by atoms with Gasteiger partial charge in [0.2, 0.25) is 0 Å². The van der Waals surface area contributed by atoms with Crippen molar-refractivity contribution in [1.29, 1.82) is 0 Å². The molecular weight excluding hydrogens is 399 g/mol. The second-order valence-corrected chi connectivity index (χ2v) is 6.59. The normalized spacial score (nSPS) is 10.9. The predicted molar refractivity (Wildman–Crippen MR) is 110 cm³/mol. The molecule has 0 saturated carbocycles. The van der Waals surface area contributed by atoms with Crippen molar-refractivity contribution in [2.75, 3.05) is 5.32 Å². The van der Waals surface area contributed by atoms with Crippen LogP contribution in [0.15, 0.2) is 85.6 Å². The zero-order valence-electron chi connectivity index (χ0n) is 16.0. The SMILES string of the molecule is O=C(Nc1ccc(-n2cnnn2)cc1)c1cnn(-c2ccccc2F)c1-n1cccc1. The molecule has 9 nitrogen and oxygen atoms in total. The molecule has 0 aliphatic heterocycles. The van der Waals surface area contributed by atoms with Crippen LogP contribution in [-0.4, -0.2) is 40.5 Å². The quantitative estimate of drug-likeness (QED) is 0.477. The molecule has 0 unspecified atom stereocenters. The van der Waals surface area contributed by atoms with Crippen LogP contribution in [0.2, 0.25) is 0 Å². The average Bonchev–Trinajstić information content (AvgIpc) is 3.55. The molecule has 5 aromatic rings. The third kappa shape index (κ3) is 3.46. The lowest BCUT2D eigenvalue weighted by Gasteiger charge is -2.12. The molecule has 1 N–H and O–H groups in total. The number of carbonyl (C=O) groups is 1. The summed E-state index contributed by atoms with van der Waals surface area (Å²) in [5.41, 5.74) is 1.88. The summed E-state index contributed by atoms with van der Waals surface area (Å²) >= 11 is 0. The van der Waals surface area contributed by atoms with Gasteiger partial charge in [0.15, 0.2) is 5.82 Å². The number of anilines is 1. The van der Waals surface area contributed by atoms with Crippen LogP contribution in [0.25, 0.3) is 17.2 Å². The minimum Gasteiger partial charge on any atom is -0.322 e. The maximum atomic E-state index is 14.4. The van der Waals surface area contributed by atoms with E-state index in [1.165, 1.54) is 28.0 Å². The topological polar surface area (TPSA) is 95.5 Å². The standard InChI is InChI=1S/C21H15FN8O/c22-18-5-1-2-6-19(18)30-21(28-11-3-4-12-28)17(13-24-30)20(31)25-15-7-9-16(10-8-15)29-14-23-26-27-29/h1-14H,(H,25,31). The van der Waals surface area contributed by atoms with Gasteiger partial charge in [-0.05, 0) is 59.0 Å². The summed E-state index contributed by atoms with van der Waals surface area (Å²) in [5, 5.41) is 18.2. The Balaban J connectivity index is 1.49. The molecule has 31 heavy (non-hydrogen) atoms. The third-order valence-electron chi connectivity index (χ3n) is 4.66. The van der Waals surface area contributed by atoms with E-state index in [-0.39, 0.29) is 11.6 Å². The lowest BCUT2D eigenvalue weighted by atomic mass is 10.2. The molecule has 2 aromatic carbocycles. The van der Waals surface area contributed by atoms with Crippen LogP contribution >= 0.6 is 0 Å². The van der Waals surface area contributed by atoms with Gasteiger partial charge < -0.3 is 9.88 Å². The number of tetrazole rings is 1. The summed E-state index contributed by atoms with van der Waals surface area (Å²) < 4.78 is 19.1. The number of carbonyl (C=O) groups excluding carboxylic acids is 1. The molecule has 0 bridgehead atoms. The van der Waals surface area contributed by atoms with Crippen LogP contribution in [0.1, 0.15) is 10.4 Å². The number of para-hydroxylation sites is 1. The van der Waals surface area contributed by atoms with E-state index in [2.05, 4.69) is 25.9 Å². The molecule has 0 atom stereocenters. The van der Waals surface area contributed by atoms with Crippen molar-refractivity contribution in [2.24, 2.45) is 0 Å². The van der Waals surface area contributed by atoms with Crippen LogP contribution < -0.4 is 5.32 Å². The second kappa shape index (κ2) is 7.67. The first-order valence-corrected chi connectivity index (χ1v) is 9.32. The van der Waals surface area contributed by atoms with Gasteiger partial charge in [-0.3, -0.25) is 4.79 Å². The first-order chi connectivity index (χ1) is 15.2. The Bertz CT molecular complexity index is 1320. The van der Waals surface area contributed by atoms with Gasteiger partial charge in [0.1, 0.15) is 23.4 Å². The van der Waals surface area contributed by atoms with Crippen molar-refractivity contribution >= 4 is 11.6 Å². The Morgan fingerprint density at radius 2 is 1.74 bits per heavy atom. The van der Waals surface area contributed by atoms with Crippen molar-refractivity contribution in [1.82, 2.24) is 34.6 Å². The zero-order chi connectivity index (χ0) is 21.2. The summed E-state index contributed by atoms with van der Waals surface area (Å²) in [4.78, 5) is 13.1. The molecule has 3 aromatic heterocycles. The Morgan fingerprint density at radius 1 is 0.968 bits per heavy atom. The largest absolute Gasteiger partial charge is 0.322 e. The minimum absolute atomic E-state index is 0.246. The molecule has 3 heterocycles. The van der Waals surface area contributed by atoms with E-state index in [9.17, 15) is 9.18 Å². The monoisotopic (exact) mass is 414 g/mol. The maximum absolute atomic E-state index is 14.4. The fourth-order valence-corrected chi connectivity index (χ4v) is 3.20. The zero-order valence-corrected chi connectivity index (χ0v) is 16.0. The highest BCUT2D eigenvalue weighted by atomic mass is 19.1. The van der Waals surface area contributed by atoms with E-state index < -0.39 is 5.82 Å². The Labute approximate surface area is 175 Å². The molecule has 0 aliphatic rings. The summed E-state index contributed by atoms with van der Waals surface area (Å²) in [6, 6.07) is 16.9. The molecule has 1 amide bonds. The van der Waals surface area contributed by atoms with Gasteiger partial charge in [-0.15, -0.1) is 5.10 Å². The van der Waals surface area contributed by atoms with Crippen LogP contribution in [0.5, 0.6) is 0 Å². The van der Waals surface area contributed by atoms with E-state index >= 15 is 0 Å². The fourth-order valence-electron chi connectivity index (χ4n) is 3.20. The molecular formula is C21H15FN8O. The maximum Gasteiger partial charge on any atom is 0.261 e. The highest BCUT2D eigenvalue weighted by molar-refractivity contribution is 6.06. The highest BCUT2D eigenvalue weighted by Gasteiger charge is 2.21. The number of amides is 1. The van der Waals surface area contributed by atoms with Gasteiger partial charge in [-0.25, -0.2) is 13.8 Å². The first-order valence-electron chi connectivity index (χ1n) is 9.32. The predicted octanol–water partition coefficient (Wildman–Crippen LogP) is 3.03. The Hall–Kier alpha value is -4.60. The summed E-state index contributed by atoms with van der Waals surface area (Å²) in [6.45, 7) is 0. The van der Waals surface area contributed by atoms with Crippen LogP contribution in [0, 0.1) is 5.82 Å². The van der Waals surface area contributed by atoms with E-state index in [1.54, 1.807) is 59.4 Å². The van der Waals surface area contributed by atoms with E-state index in [0.717, 1.165) is 5.69 Å². The molecule has 0 fully saturated rings. The first kappa shape index (κ1) is 18.4. The summed E-state index contributed by atoms with van der Waals surface area (Å²) in [5.74, 6) is -0.386. The highest BCUT2D eigenvalue weighted by Crippen LogP contribution is 2.23. The smallest absolute Gasteiger partial charge is 0.261 e. The minimum atomic E-state index is -0.441. The number of nitrogens with one attached hydrogen (secondary N) is 1. The number of hydrogen-bond acceptors (Lipinski definition) is 5. The number of aromatic nitrogens is 7. The van der Waals surface area contributed by atoms with Gasteiger partial charge in [0.25, 0.3) is 5.91 Å². The number of benzene rings is 2. The molecule has 5 rings (SSSR count). The van der Waals surface area contributed by atoms with Crippen molar-refractivity contribution in [2.45, 2.75) is 0 Å².